The first-order chi connectivity index (χ1) is 12.0. The summed E-state index contributed by atoms with van der Waals surface area (Å²) in [7, 11) is 0.909. The number of unbranched alkanes of at least 4 members (excludes halogenated alkanes) is 1. The third-order valence-corrected chi connectivity index (χ3v) is 4.85. The molecule has 2 aliphatic rings. The third kappa shape index (κ3) is 5.08. The first-order valence-electron chi connectivity index (χ1n) is 8.71. The summed E-state index contributed by atoms with van der Waals surface area (Å²) in [5.41, 5.74) is 0.701. The largest absolute Gasteiger partial charge is 0.295 e. The van der Waals surface area contributed by atoms with Crippen LogP contribution in [0.4, 0.5) is 0 Å². The van der Waals surface area contributed by atoms with Crippen molar-refractivity contribution in [2.24, 2.45) is 0 Å². The second kappa shape index (κ2) is 10.2. The number of nitrogens with one attached hydrogen (secondary N) is 1. The van der Waals surface area contributed by atoms with Crippen LogP contribution in [0, 0.1) is 0 Å². The summed E-state index contributed by atoms with van der Waals surface area (Å²) in [6.45, 7) is 7.74. The zero-order valence-corrected chi connectivity index (χ0v) is 16.3. The molecule has 1 N–H and O–H groups in total. The van der Waals surface area contributed by atoms with Gasteiger partial charge in [0, 0.05) is 17.6 Å². The van der Waals surface area contributed by atoms with Gasteiger partial charge in [-0.25, -0.2) is 0 Å². The van der Waals surface area contributed by atoms with E-state index in [2.05, 4.69) is 12.0 Å². The van der Waals surface area contributed by atoms with Crippen LogP contribution < -0.4 is 5.32 Å². The Hall–Kier alpha value is -1.81. The van der Waals surface area contributed by atoms with E-state index in [1.54, 1.807) is 13.0 Å². The van der Waals surface area contributed by atoms with E-state index in [-0.39, 0.29) is 18.7 Å². The van der Waals surface area contributed by atoms with Gasteiger partial charge in [-0.15, -0.1) is 8.58 Å². The summed E-state index contributed by atoms with van der Waals surface area (Å²) < 4.78 is 0. The lowest BCUT2D eigenvalue weighted by atomic mass is 10.0. The van der Waals surface area contributed by atoms with Crippen molar-refractivity contribution in [2.45, 2.75) is 52.5 Å². The smallest absolute Gasteiger partial charge is 0.261 e. The van der Waals surface area contributed by atoms with Crippen LogP contribution in [-0.2, 0) is 19.2 Å². The van der Waals surface area contributed by atoms with Crippen molar-refractivity contribution in [2.75, 3.05) is 12.8 Å². The number of amides is 4. The van der Waals surface area contributed by atoms with Crippen molar-refractivity contribution in [3.05, 3.63) is 23.3 Å². The minimum Gasteiger partial charge on any atom is -0.295 e. The molecule has 0 aromatic carbocycles. The van der Waals surface area contributed by atoms with Crippen molar-refractivity contribution in [3.63, 3.8) is 0 Å². The van der Waals surface area contributed by atoms with Gasteiger partial charge in [0.2, 0.25) is 11.8 Å². The van der Waals surface area contributed by atoms with Crippen LogP contribution in [-0.4, -0.2) is 47.4 Å². The number of nitrogens with zero attached hydrogens (tertiary/aromatic N) is 1. The fourth-order valence-electron chi connectivity index (χ4n) is 2.68. The predicted octanol–water partition coefficient (Wildman–Crippen LogP) is 2.15. The maximum atomic E-state index is 12.5. The van der Waals surface area contributed by atoms with Gasteiger partial charge in [-0.1, -0.05) is 26.0 Å². The first kappa shape index (κ1) is 21.2. The van der Waals surface area contributed by atoms with Crippen LogP contribution in [0.1, 0.15) is 46.5 Å². The van der Waals surface area contributed by atoms with E-state index in [0.717, 1.165) is 32.5 Å². The summed E-state index contributed by atoms with van der Waals surface area (Å²) in [4.78, 5) is 49.0. The van der Waals surface area contributed by atoms with E-state index in [0.29, 0.717) is 11.1 Å². The molecule has 0 spiro atoms. The molecule has 0 bridgehead atoms. The molecule has 0 saturated carbocycles. The number of hydrogen-bond acceptors (Lipinski definition) is 4. The molecule has 1 saturated heterocycles. The number of rotatable bonds is 6. The SMILES string of the molecule is CC.CPCCC/C=C\C1=C(C)C(=O)N(C2CCC(=O)NC2=O)C1=O. The quantitative estimate of drug-likeness (QED) is 0.444. The van der Waals surface area contributed by atoms with Gasteiger partial charge in [0.25, 0.3) is 11.8 Å². The number of allylic oxidation sites excluding steroid dienone is 1. The second-order valence-corrected chi connectivity index (χ2v) is 6.84. The van der Waals surface area contributed by atoms with Crippen molar-refractivity contribution in [1.29, 1.82) is 0 Å². The molecule has 2 atom stereocenters. The second-order valence-electron chi connectivity index (χ2n) is 5.63. The molecule has 25 heavy (non-hydrogen) atoms. The van der Waals surface area contributed by atoms with Crippen molar-refractivity contribution in [1.82, 2.24) is 10.2 Å². The highest BCUT2D eigenvalue weighted by Crippen LogP contribution is 2.26. The average molecular weight is 366 g/mol. The van der Waals surface area contributed by atoms with Crippen LogP contribution in [0.2, 0.25) is 0 Å². The minimum atomic E-state index is -0.894. The molecule has 1 fully saturated rings. The molecule has 4 amide bonds. The normalized spacial score (nSPS) is 21.4. The lowest BCUT2D eigenvalue weighted by Crippen LogP contribution is -2.54. The molecular formula is C18H27N2O4P. The van der Waals surface area contributed by atoms with Gasteiger partial charge in [0.05, 0.1) is 0 Å². The highest BCUT2D eigenvalue weighted by atomic mass is 31.1. The van der Waals surface area contributed by atoms with Crippen LogP contribution >= 0.6 is 8.58 Å². The molecule has 7 heteroatoms. The molecule has 2 heterocycles. The fraction of sp³-hybridized carbons (Fsp3) is 0.556. The zero-order chi connectivity index (χ0) is 19.0. The Bertz CT molecular complexity index is 610. The maximum Gasteiger partial charge on any atom is 0.261 e. The highest BCUT2D eigenvalue weighted by Gasteiger charge is 2.43. The monoisotopic (exact) mass is 366 g/mol. The van der Waals surface area contributed by atoms with E-state index in [4.69, 9.17) is 0 Å². The van der Waals surface area contributed by atoms with Gasteiger partial charge in [0.15, 0.2) is 0 Å². The van der Waals surface area contributed by atoms with Gasteiger partial charge in [0.1, 0.15) is 6.04 Å². The topological polar surface area (TPSA) is 83.6 Å². The highest BCUT2D eigenvalue weighted by molar-refractivity contribution is 7.36. The van der Waals surface area contributed by atoms with Crippen LogP contribution in [0.25, 0.3) is 0 Å². The van der Waals surface area contributed by atoms with E-state index in [1.165, 1.54) is 0 Å². The van der Waals surface area contributed by atoms with Crippen molar-refractivity contribution < 1.29 is 19.2 Å². The third-order valence-electron chi connectivity index (χ3n) is 4.00. The predicted molar refractivity (Wildman–Crippen MR) is 99.6 cm³/mol. The number of carbonyl (C=O) groups excluding carboxylic acids is 4. The van der Waals surface area contributed by atoms with E-state index < -0.39 is 23.8 Å². The van der Waals surface area contributed by atoms with Gasteiger partial charge < -0.3 is 0 Å². The van der Waals surface area contributed by atoms with E-state index in [9.17, 15) is 19.2 Å². The van der Waals surface area contributed by atoms with Gasteiger partial charge in [-0.05, 0) is 39.0 Å². The summed E-state index contributed by atoms with van der Waals surface area (Å²) in [6.07, 6.45) is 6.96. The van der Waals surface area contributed by atoms with Gasteiger partial charge >= 0.3 is 0 Å². The van der Waals surface area contributed by atoms with E-state index in [1.807, 2.05) is 19.9 Å². The number of hydrogen-bond donors (Lipinski definition) is 1. The lowest BCUT2D eigenvalue weighted by Gasteiger charge is -2.28. The van der Waals surface area contributed by atoms with Crippen LogP contribution in [0.3, 0.4) is 0 Å². The Morgan fingerprint density at radius 1 is 1.20 bits per heavy atom. The first-order valence-corrected chi connectivity index (χ1v) is 10.4. The molecule has 2 unspecified atom stereocenters. The van der Waals surface area contributed by atoms with E-state index >= 15 is 0 Å². The molecular weight excluding hydrogens is 339 g/mol. The van der Waals surface area contributed by atoms with Crippen LogP contribution in [0.15, 0.2) is 23.3 Å². The Morgan fingerprint density at radius 3 is 2.48 bits per heavy atom. The van der Waals surface area contributed by atoms with Gasteiger partial charge in [-0.3, -0.25) is 29.4 Å². The average Bonchev–Trinajstić information content (AvgIpc) is 2.80. The van der Waals surface area contributed by atoms with Gasteiger partial charge in [-0.2, -0.15) is 0 Å². The number of carbonyl (C=O) groups is 4. The Labute approximate surface area is 150 Å². The summed E-state index contributed by atoms with van der Waals surface area (Å²) in [5, 5.41) is 2.18. The molecule has 2 rings (SSSR count). The number of piperidine rings is 1. The summed E-state index contributed by atoms with van der Waals surface area (Å²) >= 11 is 0. The fourth-order valence-corrected chi connectivity index (χ4v) is 3.24. The molecule has 0 aliphatic carbocycles. The Kier molecular flexibility index (Phi) is 8.70. The van der Waals surface area contributed by atoms with Crippen molar-refractivity contribution >= 4 is 32.2 Å². The molecule has 138 valence electrons. The summed E-state index contributed by atoms with van der Waals surface area (Å²) in [6, 6.07) is -0.894. The van der Waals surface area contributed by atoms with Crippen molar-refractivity contribution in [3.8, 4) is 0 Å². The standard InChI is InChI=1S/C16H21N2O4P.C2H6/c1-10-11(6-4-3-5-9-23-2)16(22)18(15(10)21)12-7-8-13(19)17-14(12)20;1-2/h4,6,12,23H,3,5,7-9H2,1-2H3,(H,17,19,20);1-2H3/b6-4-;. The molecule has 0 aromatic rings. The zero-order valence-electron chi connectivity index (χ0n) is 15.3. The molecule has 6 nitrogen and oxygen atoms in total. The maximum absolute atomic E-state index is 12.5. The Balaban J connectivity index is 0.00000151. The minimum absolute atomic E-state index is 0.134. The molecule has 0 radical (unpaired) electrons. The lowest BCUT2D eigenvalue weighted by molar-refractivity contribution is -0.150. The van der Waals surface area contributed by atoms with Crippen LogP contribution in [0.5, 0.6) is 0 Å². The summed E-state index contributed by atoms with van der Waals surface area (Å²) in [5.74, 6) is -1.84. The molecule has 0 aromatic heterocycles. The number of imide groups is 2. The molecule has 2 aliphatic heterocycles. The Morgan fingerprint density at radius 2 is 1.88 bits per heavy atom.